The van der Waals surface area contributed by atoms with Gasteiger partial charge >= 0.3 is 0 Å². The molecule has 0 saturated heterocycles. The van der Waals surface area contributed by atoms with Gasteiger partial charge < -0.3 is 5.32 Å². The molecule has 0 unspecified atom stereocenters. The van der Waals surface area contributed by atoms with Crippen molar-refractivity contribution in [3.63, 3.8) is 0 Å². The van der Waals surface area contributed by atoms with Gasteiger partial charge in [0.1, 0.15) is 0 Å². The fraction of sp³-hybridized carbons (Fsp3) is 0.333. The normalized spacial score (nSPS) is 11.6. The molecule has 2 amide bonds. The van der Waals surface area contributed by atoms with Crippen LogP contribution < -0.4 is 10.6 Å². The molecule has 1 rings (SSSR count). The summed E-state index contributed by atoms with van der Waals surface area (Å²) in [6, 6.07) is 9.31. The number of carbonyl (C=O) groups is 2. The zero-order valence-electron chi connectivity index (χ0n) is 11.2. The van der Waals surface area contributed by atoms with E-state index in [2.05, 4.69) is 17.2 Å². The molecule has 102 valence electrons. The Bertz CT molecular complexity index is 429. The number of imide groups is 1. The molecule has 0 saturated carbocycles. The molecule has 0 fully saturated rings. The van der Waals surface area contributed by atoms with Crippen molar-refractivity contribution in [1.82, 2.24) is 10.6 Å². The smallest absolute Gasteiger partial charge is 0.243 e. The van der Waals surface area contributed by atoms with E-state index in [1.165, 1.54) is 0 Å². The number of hydrogen-bond donors (Lipinski definition) is 2. The highest BCUT2D eigenvalue weighted by Gasteiger charge is 2.14. The molecule has 19 heavy (non-hydrogen) atoms. The minimum absolute atomic E-state index is 0.249. The van der Waals surface area contributed by atoms with E-state index in [4.69, 9.17) is 0 Å². The monoisotopic (exact) mass is 260 g/mol. The van der Waals surface area contributed by atoms with Crippen molar-refractivity contribution in [2.75, 3.05) is 6.54 Å². The van der Waals surface area contributed by atoms with Crippen LogP contribution in [0.2, 0.25) is 0 Å². The quantitative estimate of drug-likeness (QED) is 0.729. The van der Waals surface area contributed by atoms with Gasteiger partial charge in [-0.3, -0.25) is 14.9 Å². The first-order valence-electron chi connectivity index (χ1n) is 6.35. The lowest BCUT2D eigenvalue weighted by Crippen LogP contribution is -2.44. The summed E-state index contributed by atoms with van der Waals surface area (Å²) in [6.45, 7) is 5.80. The minimum atomic E-state index is -0.404. The third-order valence-corrected chi connectivity index (χ3v) is 2.71. The fourth-order valence-electron chi connectivity index (χ4n) is 1.56. The molecule has 0 aliphatic rings. The Hall–Kier alpha value is -1.94. The van der Waals surface area contributed by atoms with Gasteiger partial charge in [0.15, 0.2) is 0 Å². The van der Waals surface area contributed by atoms with Crippen LogP contribution in [0.25, 0.3) is 0 Å². The summed E-state index contributed by atoms with van der Waals surface area (Å²) < 4.78 is 0. The number of amides is 2. The molecule has 1 atom stereocenters. The lowest BCUT2D eigenvalue weighted by atomic mass is 10.1. The number of carbonyl (C=O) groups excluding carboxylic acids is 2. The molecule has 0 radical (unpaired) electrons. The Morgan fingerprint density at radius 2 is 2.00 bits per heavy atom. The van der Waals surface area contributed by atoms with Crippen molar-refractivity contribution in [1.29, 1.82) is 0 Å². The largest absolute Gasteiger partial charge is 0.303 e. The second-order valence-corrected chi connectivity index (χ2v) is 4.32. The van der Waals surface area contributed by atoms with Crippen LogP contribution in [-0.2, 0) is 16.0 Å². The Morgan fingerprint density at radius 1 is 1.32 bits per heavy atom. The molecule has 0 aromatic heterocycles. The van der Waals surface area contributed by atoms with Gasteiger partial charge in [0.05, 0.1) is 6.04 Å². The molecule has 0 aliphatic heterocycles. The molecule has 1 aromatic rings. The summed E-state index contributed by atoms with van der Waals surface area (Å²) >= 11 is 0. The van der Waals surface area contributed by atoms with E-state index < -0.39 is 6.04 Å². The van der Waals surface area contributed by atoms with E-state index in [1.807, 2.05) is 30.3 Å². The fourth-order valence-corrected chi connectivity index (χ4v) is 1.56. The maximum absolute atomic E-state index is 11.6. The van der Waals surface area contributed by atoms with Crippen LogP contribution in [0.4, 0.5) is 0 Å². The molecule has 1 aromatic carbocycles. The molecule has 2 N–H and O–H groups in total. The predicted octanol–water partition coefficient (Wildman–Crippen LogP) is 1.43. The van der Waals surface area contributed by atoms with E-state index in [9.17, 15) is 9.59 Å². The lowest BCUT2D eigenvalue weighted by Gasteiger charge is -2.11. The van der Waals surface area contributed by atoms with E-state index in [1.54, 1.807) is 13.0 Å². The molecule has 0 spiro atoms. The molecular formula is C15H20N2O2. The average molecular weight is 260 g/mol. The standard InChI is InChI=1S/C15H20N2O2/c1-3-11-16-12(2)15(19)17-14(18)10-9-13-7-5-4-6-8-13/h3-8,12,16H,1,9-11H2,2H3,(H,17,18,19)/t12-/m1/s1. The van der Waals surface area contributed by atoms with Gasteiger partial charge in [0.2, 0.25) is 11.8 Å². The number of hydrogen-bond acceptors (Lipinski definition) is 3. The highest BCUT2D eigenvalue weighted by atomic mass is 16.2. The van der Waals surface area contributed by atoms with E-state index in [-0.39, 0.29) is 11.8 Å². The molecule has 0 heterocycles. The highest BCUT2D eigenvalue weighted by molar-refractivity contribution is 5.97. The topological polar surface area (TPSA) is 58.2 Å². The first-order valence-corrected chi connectivity index (χ1v) is 6.35. The Kier molecular flexibility index (Phi) is 6.53. The second-order valence-electron chi connectivity index (χ2n) is 4.32. The SMILES string of the molecule is C=CCN[C@H](C)C(=O)NC(=O)CCc1ccccc1. The first-order chi connectivity index (χ1) is 9.13. The number of rotatable bonds is 7. The third-order valence-electron chi connectivity index (χ3n) is 2.71. The van der Waals surface area contributed by atoms with Gasteiger partial charge in [0, 0.05) is 13.0 Å². The van der Waals surface area contributed by atoms with Crippen LogP contribution in [0.15, 0.2) is 43.0 Å². The summed E-state index contributed by atoms with van der Waals surface area (Å²) in [4.78, 5) is 23.3. The summed E-state index contributed by atoms with van der Waals surface area (Å²) in [5, 5.41) is 5.31. The van der Waals surface area contributed by atoms with Crippen LogP contribution >= 0.6 is 0 Å². The maximum atomic E-state index is 11.6. The molecule has 0 bridgehead atoms. The van der Waals surface area contributed by atoms with Gasteiger partial charge in [0.25, 0.3) is 0 Å². The van der Waals surface area contributed by atoms with Crippen molar-refractivity contribution in [3.8, 4) is 0 Å². The maximum Gasteiger partial charge on any atom is 0.243 e. The summed E-state index contributed by atoms with van der Waals surface area (Å²) in [7, 11) is 0. The van der Waals surface area contributed by atoms with Crippen LogP contribution in [0.1, 0.15) is 18.9 Å². The predicted molar refractivity (Wildman–Crippen MR) is 75.6 cm³/mol. The third kappa shape index (κ3) is 5.97. The van der Waals surface area contributed by atoms with Crippen molar-refractivity contribution < 1.29 is 9.59 Å². The van der Waals surface area contributed by atoms with Crippen molar-refractivity contribution in [3.05, 3.63) is 48.6 Å². The average Bonchev–Trinajstić information content (AvgIpc) is 2.43. The van der Waals surface area contributed by atoms with Crippen molar-refractivity contribution in [2.24, 2.45) is 0 Å². The molecule has 4 heteroatoms. The lowest BCUT2D eigenvalue weighted by molar-refractivity contribution is -0.131. The van der Waals surface area contributed by atoms with Crippen molar-refractivity contribution in [2.45, 2.75) is 25.8 Å². The van der Waals surface area contributed by atoms with Gasteiger partial charge in [-0.25, -0.2) is 0 Å². The number of nitrogens with one attached hydrogen (secondary N) is 2. The van der Waals surface area contributed by atoms with E-state index in [0.717, 1.165) is 5.56 Å². The van der Waals surface area contributed by atoms with Crippen LogP contribution in [-0.4, -0.2) is 24.4 Å². The van der Waals surface area contributed by atoms with Gasteiger partial charge in [-0.2, -0.15) is 0 Å². The molecule has 0 aliphatic carbocycles. The highest BCUT2D eigenvalue weighted by Crippen LogP contribution is 2.02. The summed E-state index contributed by atoms with van der Waals surface area (Å²) in [6.07, 6.45) is 2.61. The van der Waals surface area contributed by atoms with Crippen LogP contribution in [0.5, 0.6) is 0 Å². The Labute approximate surface area is 113 Å². The zero-order valence-corrected chi connectivity index (χ0v) is 11.2. The van der Waals surface area contributed by atoms with Crippen LogP contribution in [0.3, 0.4) is 0 Å². The summed E-state index contributed by atoms with van der Waals surface area (Å²) in [5.41, 5.74) is 1.09. The summed E-state index contributed by atoms with van der Waals surface area (Å²) in [5.74, 6) is -0.555. The molecular weight excluding hydrogens is 240 g/mol. The second kappa shape index (κ2) is 8.21. The van der Waals surface area contributed by atoms with E-state index in [0.29, 0.717) is 19.4 Å². The number of benzene rings is 1. The van der Waals surface area contributed by atoms with Gasteiger partial charge in [-0.15, -0.1) is 6.58 Å². The zero-order chi connectivity index (χ0) is 14.1. The van der Waals surface area contributed by atoms with Crippen molar-refractivity contribution >= 4 is 11.8 Å². The molecule has 4 nitrogen and oxygen atoms in total. The minimum Gasteiger partial charge on any atom is -0.303 e. The number of aryl methyl sites for hydroxylation is 1. The first kappa shape index (κ1) is 15.1. The van der Waals surface area contributed by atoms with Gasteiger partial charge in [-0.05, 0) is 18.9 Å². The van der Waals surface area contributed by atoms with Gasteiger partial charge in [-0.1, -0.05) is 36.4 Å². The Balaban J connectivity index is 2.31. The Morgan fingerprint density at radius 3 is 2.63 bits per heavy atom. The van der Waals surface area contributed by atoms with Crippen LogP contribution in [0, 0.1) is 0 Å². The van der Waals surface area contributed by atoms with E-state index >= 15 is 0 Å².